The Hall–Kier alpha value is -2.57. The van der Waals surface area contributed by atoms with E-state index in [0.29, 0.717) is 18.5 Å². The van der Waals surface area contributed by atoms with Crippen molar-refractivity contribution in [3.05, 3.63) is 41.8 Å². The van der Waals surface area contributed by atoms with Crippen LogP contribution < -0.4 is 10.2 Å². The van der Waals surface area contributed by atoms with E-state index in [4.69, 9.17) is 9.15 Å². The van der Waals surface area contributed by atoms with Gasteiger partial charge in [0.25, 0.3) is 0 Å². The fraction of sp³-hybridized carbons (Fsp3) is 0.500. The molecule has 2 aliphatic rings. The van der Waals surface area contributed by atoms with Gasteiger partial charge in [0.2, 0.25) is 5.89 Å². The van der Waals surface area contributed by atoms with Gasteiger partial charge < -0.3 is 19.4 Å². The lowest BCUT2D eigenvalue weighted by Crippen LogP contribution is -2.37. The van der Waals surface area contributed by atoms with E-state index in [1.54, 1.807) is 0 Å². The fourth-order valence-electron chi connectivity index (χ4n) is 3.16. The molecular formula is C18H22N4O3. The SMILES string of the molecule is O=C(N[C@@H]1CCN(c2nnc(C3CCC3)o2)C1)OCc1ccccc1. The Bertz CT molecular complexity index is 714. The van der Waals surface area contributed by atoms with Crippen molar-refractivity contribution in [2.75, 3.05) is 18.0 Å². The first-order chi connectivity index (χ1) is 12.3. The van der Waals surface area contributed by atoms with Crippen LogP contribution >= 0.6 is 0 Å². The Kier molecular flexibility index (Phi) is 4.54. The zero-order chi connectivity index (χ0) is 17.1. The van der Waals surface area contributed by atoms with Crippen LogP contribution in [0.3, 0.4) is 0 Å². The lowest BCUT2D eigenvalue weighted by atomic mass is 9.85. The van der Waals surface area contributed by atoms with E-state index in [1.165, 1.54) is 6.42 Å². The zero-order valence-corrected chi connectivity index (χ0v) is 14.1. The predicted octanol–water partition coefficient (Wildman–Crippen LogP) is 2.84. The molecule has 2 heterocycles. The molecule has 2 aromatic rings. The molecule has 1 amide bonds. The number of hydrogen-bond acceptors (Lipinski definition) is 6. The number of nitrogens with one attached hydrogen (secondary N) is 1. The highest BCUT2D eigenvalue weighted by Gasteiger charge is 2.30. The summed E-state index contributed by atoms with van der Waals surface area (Å²) in [6.07, 6.45) is 3.96. The largest absolute Gasteiger partial charge is 0.445 e. The molecule has 25 heavy (non-hydrogen) atoms. The van der Waals surface area contributed by atoms with Crippen LogP contribution in [0.15, 0.2) is 34.7 Å². The quantitative estimate of drug-likeness (QED) is 0.900. The van der Waals surface area contributed by atoms with Gasteiger partial charge in [-0.1, -0.05) is 41.9 Å². The van der Waals surface area contributed by atoms with Gasteiger partial charge in [-0.15, -0.1) is 5.10 Å². The molecule has 0 radical (unpaired) electrons. The fourth-order valence-corrected chi connectivity index (χ4v) is 3.16. The summed E-state index contributed by atoms with van der Waals surface area (Å²) in [5.74, 6) is 1.19. The molecule has 0 unspecified atom stereocenters. The Morgan fingerprint density at radius 1 is 1.24 bits per heavy atom. The van der Waals surface area contributed by atoms with Gasteiger partial charge >= 0.3 is 12.1 Å². The molecule has 1 saturated carbocycles. The third kappa shape index (κ3) is 3.75. The zero-order valence-electron chi connectivity index (χ0n) is 14.1. The molecule has 1 aliphatic carbocycles. The minimum atomic E-state index is -0.392. The second-order valence-electron chi connectivity index (χ2n) is 6.69. The van der Waals surface area contributed by atoms with Crippen LogP contribution in [0.2, 0.25) is 0 Å². The molecule has 1 N–H and O–H groups in total. The number of carbonyl (C=O) groups excluding carboxylic acids is 1. The van der Waals surface area contributed by atoms with E-state index in [9.17, 15) is 4.79 Å². The van der Waals surface area contributed by atoms with Crippen LogP contribution in [0.25, 0.3) is 0 Å². The van der Waals surface area contributed by atoms with Crippen molar-refractivity contribution in [3.63, 3.8) is 0 Å². The van der Waals surface area contributed by atoms with Gasteiger partial charge in [-0.2, -0.15) is 0 Å². The maximum absolute atomic E-state index is 12.0. The molecule has 1 aliphatic heterocycles. The van der Waals surface area contributed by atoms with Crippen molar-refractivity contribution in [3.8, 4) is 0 Å². The summed E-state index contributed by atoms with van der Waals surface area (Å²) in [7, 11) is 0. The molecule has 7 heteroatoms. The minimum Gasteiger partial charge on any atom is -0.445 e. The second kappa shape index (κ2) is 7.13. The van der Waals surface area contributed by atoms with E-state index < -0.39 is 6.09 Å². The number of rotatable bonds is 5. The van der Waals surface area contributed by atoms with Crippen molar-refractivity contribution in [2.45, 2.75) is 44.2 Å². The lowest BCUT2D eigenvalue weighted by molar-refractivity contribution is 0.136. The van der Waals surface area contributed by atoms with Crippen LogP contribution in [0.1, 0.15) is 43.1 Å². The molecule has 1 aromatic carbocycles. The minimum absolute atomic E-state index is 0.0299. The van der Waals surface area contributed by atoms with Gasteiger partial charge in [0.1, 0.15) is 6.61 Å². The number of anilines is 1. The molecule has 1 saturated heterocycles. The first-order valence-corrected chi connectivity index (χ1v) is 8.83. The molecule has 4 rings (SSSR count). The van der Waals surface area contributed by atoms with Crippen LogP contribution in [-0.4, -0.2) is 35.4 Å². The standard InChI is InChI=1S/C18H22N4O3/c23-18(24-12-13-5-2-1-3-6-13)19-15-9-10-22(11-15)17-21-20-16(25-17)14-7-4-8-14/h1-3,5-6,14-15H,4,7-12H2,(H,19,23)/t15-/m1/s1. The van der Waals surface area contributed by atoms with Gasteiger partial charge in [-0.05, 0) is 24.8 Å². The number of nitrogens with zero attached hydrogens (tertiary/aromatic N) is 3. The molecule has 1 aromatic heterocycles. The maximum atomic E-state index is 12.0. The van der Waals surface area contributed by atoms with Crippen molar-refractivity contribution in [1.29, 1.82) is 0 Å². The molecule has 132 valence electrons. The van der Waals surface area contributed by atoms with E-state index in [1.807, 2.05) is 35.2 Å². The number of alkyl carbamates (subject to hydrolysis) is 1. The average Bonchev–Trinajstić information content (AvgIpc) is 3.22. The number of amides is 1. The topological polar surface area (TPSA) is 80.5 Å². The van der Waals surface area contributed by atoms with E-state index in [-0.39, 0.29) is 12.6 Å². The molecule has 1 atom stereocenters. The third-order valence-corrected chi connectivity index (χ3v) is 4.88. The number of ether oxygens (including phenoxy) is 1. The average molecular weight is 342 g/mol. The summed E-state index contributed by atoms with van der Waals surface area (Å²) >= 11 is 0. The summed E-state index contributed by atoms with van der Waals surface area (Å²) < 4.78 is 11.1. The molecule has 0 bridgehead atoms. The van der Waals surface area contributed by atoms with E-state index in [2.05, 4.69) is 15.5 Å². The first-order valence-electron chi connectivity index (χ1n) is 8.83. The van der Waals surface area contributed by atoms with Crippen LogP contribution in [0.4, 0.5) is 10.8 Å². The van der Waals surface area contributed by atoms with E-state index >= 15 is 0 Å². The second-order valence-corrected chi connectivity index (χ2v) is 6.69. The Labute approximate surface area is 146 Å². The Morgan fingerprint density at radius 3 is 2.84 bits per heavy atom. The third-order valence-electron chi connectivity index (χ3n) is 4.88. The predicted molar refractivity (Wildman–Crippen MR) is 91.3 cm³/mol. The molecule has 7 nitrogen and oxygen atoms in total. The summed E-state index contributed by atoms with van der Waals surface area (Å²) in [6, 6.07) is 10.2. The van der Waals surface area contributed by atoms with Gasteiger partial charge in [0.05, 0.1) is 6.04 Å². The smallest absolute Gasteiger partial charge is 0.407 e. The summed E-state index contributed by atoms with van der Waals surface area (Å²) in [5, 5.41) is 11.2. The van der Waals surface area contributed by atoms with Crippen LogP contribution in [0, 0.1) is 0 Å². The van der Waals surface area contributed by atoms with Crippen LogP contribution in [-0.2, 0) is 11.3 Å². The van der Waals surface area contributed by atoms with Crippen molar-refractivity contribution >= 4 is 12.1 Å². The highest BCUT2D eigenvalue weighted by atomic mass is 16.5. The van der Waals surface area contributed by atoms with E-state index in [0.717, 1.165) is 37.3 Å². The Morgan fingerprint density at radius 2 is 2.08 bits per heavy atom. The van der Waals surface area contributed by atoms with Gasteiger partial charge in [0, 0.05) is 19.0 Å². The monoisotopic (exact) mass is 342 g/mol. The molecule has 0 spiro atoms. The molecular weight excluding hydrogens is 320 g/mol. The lowest BCUT2D eigenvalue weighted by Gasteiger charge is -2.21. The van der Waals surface area contributed by atoms with Crippen molar-refractivity contribution in [1.82, 2.24) is 15.5 Å². The first kappa shape index (κ1) is 15.9. The normalized spacial score (nSPS) is 20.3. The Balaban J connectivity index is 1.24. The van der Waals surface area contributed by atoms with Gasteiger partial charge in [-0.3, -0.25) is 0 Å². The van der Waals surface area contributed by atoms with Gasteiger partial charge in [0.15, 0.2) is 0 Å². The van der Waals surface area contributed by atoms with Crippen molar-refractivity contribution < 1.29 is 13.9 Å². The summed E-state index contributed by atoms with van der Waals surface area (Å²) in [6.45, 7) is 1.72. The summed E-state index contributed by atoms with van der Waals surface area (Å²) in [5.41, 5.74) is 0.972. The van der Waals surface area contributed by atoms with Crippen LogP contribution in [0.5, 0.6) is 0 Å². The highest BCUT2D eigenvalue weighted by molar-refractivity contribution is 5.67. The highest BCUT2D eigenvalue weighted by Crippen LogP contribution is 2.36. The van der Waals surface area contributed by atoms with Gasteiger partial charge in [-0.25, -0.2) is 4.79 Å². The number of aromatic nitrogens is 2. The molecule has 2 fully saturated rings. The number of hydrogen-bond donors (Lipinski definition) is 1. The maximum Gasteiger partial charge on any atom is 0.407 e. The number of carbonyl (C=O) groups is 1. The van der Waals surface area contributed by atoms with Crippen molar-refractivity contribution in [2.24, 2.45) is 0 Å². The summed E-state index contributed by atoms with van der Waals surface area (Å²) in [4.78, 5) is 14.0. The number of benzene rings is 1.